The molecule has 0 N–H and O–H groups in total. The lowest BCUT2D eigenvalue weighted by Crippen LogP contribution is -2.02. The highest BCUT2D eigenvalue weighted by atomic mass is 32.2. The quantitative estimate of drug-likeness (QED) is 0.278. The lowest BCUT2D eigenvalue weighted by Gasteiger charge is -2.01. The summed E-state index contributed by atoms with van der Waals surface area (Å²) in [5, 5.41) is 2.93. The Morgan fingerprint density at radius 2 is 2.10 bits per heavy atom. The van der Waals surface area contributed by atoms with E-state index < -0.39 is 5.51 Å². The first-order chi connectivity index (χ1) is 4.56. The monoisotopic (exact) mass is 171 g/mol. The lowest BCUT2D eigenvalue weighted by atomic mass is 10.8. The topological polar surface area (TPSA) is 48.8 Å². The van der Waals surface area contributed by atoms with Crippen LogP contribution in [0, 0.1) is 0 Å². The van der Waals surface area contributed by atoms with Crippen LogP contribution in [0.1, 0.15) is 0 Å². The van der Waals surface area contributed by atoms with E-state index in [1.54, 1.807) is 0 Å². The molecular weight excluding hydrogens is 167 g/mol. The molecule has 0 radical (unpaired) electrons. The normalized spacial score (nSPS) is 10.7. The van der Waals surface area contributed by atoms with Crippen molar-refractivity contribution >= 4 is 11.8 Å². The van der Waals surface area contributed by atoms with Crippen molar-refractivity contribution in [2.24, 2.45) is 5.11 Å². The van der Waals surface area contributed by atoms with Crippen molar-refractivity contribution < 1.29 is 13.2 Å². The fourth-order valence-corrected chi connectivity index (χ4v) is 0.651. The SMILES string of the molecule is [N-]=[N+]=NCCSC(F)(F)F. The second kappa shape index (κ2) is 4.29. The zero-order valence-electron chi connectivity index (χ0n) is 4.80. The first-order valence-corrected chi connectivity index (χ1v) is 3.26. The summed E-state index contributed by atoms with van der Waals surface area (Å²) in [7, 11) is 0. The predicted octanol–water partition coefficient (Wildman–Crippen LogP) is 2.55. The van der Waals surface area contributed by atoms with Gasteiger partial charge in [-0.15, -0.1) is 0 Å². The van der Waals surface area contributed by atoms with Crippen molar-refractivity contribution in [3.8, 4) is 0 Å². The molecule has 7 heteroatoms. The van der Waals surface area contributed by atoms with E-state index in [1.165, 1.54) is 0 Å². The molecule has 3 nitrogen and oxygen atoms in total. The van der Waals surface area contributed by atoms with Gasteiger partial charge in [-0.05, 0) is 5.53 Å². The maximum Gasteiger partial charge on any atom is 0.441 e. The number of rotatable bonds is 3. The zero-order valence-corrected chi connectivity index (χ0v) is 5.61. The Kier molecular flexibility index (Phi) is 4.06. The molecular formula is C3H4F3N3S. The van der Waals surface area contributed by atoms with Gasteiger partial charge in [0.05, 0.1) is 0 Å². The summed E-state index contributed by atoms with van der Waals surface area (Å²) in [6, 6.07) is 0. The molecule has 0 aliphatic rings. The number of thioether (sulfide) groups is 1. The van der Waals surface area contributed by atoms with E-state index >= 15 is 0 Å². The first-order valence-electron chi connectivity index (χ1n) is 2.28. The third kappa shape index (κ3) is 7.45. The van der Waals surface area contributed by atoms with Crippen molar-refractivity contribution in [3.63, 3.8) is 0 Å². The molecule has 0 aliphatic heterocycles. The van der Waals surface area contributed by atoms with E-state index in [-0.39, 0.29) is 24.1 Å². The van der Waals surface area contributed by atoms with E-state index in [0.717, 1.165) is 0 Å². The average molecular weight is 171 g/mol. The molecule has 0 aromatic rings. The van der Waals surface area contributed by atoms with Gasteiger partial charge in [-0.1, -0.05) is 16.9 Å². The minimum atomic E-state index is -4.22. The molecule has 0 unspecified atom stereocenters. The predicted molar refractivity (Wildman–Crippen MR) is 32.5 cm³/mol. The summed E-state index contributed by atoms with van der Waals surface area (Å²) in [6.45, 7) is -0.124. The molecule has 0 spiro atoms. The molecule has 0 amide bonds. The fourth-order valence-electron chi connectivity index (χ4n) is 0.247. The summed E-state index contributed by atoms with van der Waals surface area (Å²) < 4.78 is 33.9. The highest BCUT2D eigenvalue weighted by Crippen LogP contribution is 2.29. The van der Waals surface area contributed by atoms with Crippen LogP contribution in [0.5, 0.6) is 0 Å². The van der Waals surface area contributed by atoms with Crippen LogP contribution in [0.3, 0.4) is 0 Å². The molecule has 0 saturated carbocycles. The molecule has 10 heavy (non-hydrogen) atoms. The third-order valence-electron chi connectivity index (χ3n) is 0.520. The summed E-state index contributed by atoms with van der Waals surface area (Å²) in [5.41, 5.74) is 3.45. The number of alkyl halides is 3. The smallest absolute Gasteiger partial charge is 0.160 e. The molecule has 0 bridgehead atoms. The molecule has 0 fully saturated rings. The van der Waals surface area contributed by atoms with Gasteiger partial charge in [-0.3, -0.25) is 0 Å². The molecule has 0 heterocycles. The largest absolute Gasteiger partial charge is 0.441 e. The molecule has 58 valence electrons. The van der Waals surface area contributed by atoms with E-state index in [9.17, 15) is 13.2 Å². The van der Waals surface area contributed by atoms with E-state index in [1.807, 2.05) is 0 Å². The second-order valence-electron chi connectivity index (χ2n) is 1.25. The van der Waals surface area contributed by atoms with Crippen LogP contribution in [-0.2, 0) is 0 Å². The van der Waals surface area contributed by atoms with Crippen LogP contribution in [0.15, 0.2) is 5.11 Å². The first kappa shape index (κ1) is 9.45. The van der Waals surface area contributed by atoms with Crippen molar-refractivity contribution in [1.82, 2.24) is 0 Å². The molecule has 0 aromatic carbocycles. The highest BCUT2D eigenvalue weighted by Gasteiger charge is 2.26. The molecule has 0 aromatic heterocycles. The van der Waals surface area contributed by atoms with Gasteiger partial charge in [0.2, 0.25) is 0 Å². The number of nitrogens with zero attached hydrogens (tertiary/aromatic N) is 3. The third-order valence-corrected chi connectivity index (χ3v) is 1.23. The zero-order chi connectivity index (χ0) is 8.04. The van der Waals surface area contributed by atoms with E-state index in [0.29, 0.717) is 0 Å². The van der Waals surface area contributed by atoms with Crippen molar-refractivity contribution in [1.29, 1.82) is 0 Å². The van der Waals surface area contributed by atoms with Crippen molar-refractivity contribution in [2.45, 2.75) is 5.51 Å². The van der Waals surface area contributed by atoms with E-state index in [4.69, 9.17) is 5.53 Å². The minimum absolute atomic E-state index is 0.124. The van der Waals surface area contributed by atoms with Gasteiger partial charge < -0.3 is 0 Å². The molecule has 0 aliphatic carbocycles. The molecule has 0 saturated heterocycles. The molecule has 0 atom stereocenters. The van der Waals surface area contributed by atoms with Gasteiger partial charge in [0, 0.05) is 17.2 Å². The van der Waals surface area contributed by atoms with Crippen LogP contribution in [-0.4, -0.2) is 17.8 Å². The molecule has 0 rings (SSSR count). The van der Waals surface area contributed by atoms with Gasteiger partial charge in [0.15, 0.2) is 0 Å². The van der Waals surface area contributed by atoms with Crippen LogP contribution in [0.25, 0.3) is 10.4 Å². The maximum absolute atomic E-state index is 11.3. The number of halogens is 3. The van der Waals surface area contributed by atoms with Crippen molar-refractivity contribution in [2.75, 3.05) is 12.3 Å². The highest BCUT2D eigenvalue weighted by molar-refractivity contribution is 8.00. The van der Waals surface area contributed by atoms with Crippen LogP contribution >= 0.6 is 11.8 Å². The summed E-state index contributed by atoms with van der Waals surface area (Å²) in [4.78, 5) is 2.30. The Balaban J connectivity index is 3.28. The van der Waals surface area contributed by atoms with Crippen LogP contribution < -0.4 is 0 Å². The number of azide groups is 1. The van der Waals surface area contributed by atoms with Gasteiger partial charge in [0.1, 0.15) is 0 Å². The Hall–Kier alpha value is -0.550. The lowest BCUT2D eigenvalue weighted by molar-refractivity contribution is -0.0327. The maximum atomic E-state index is 11.3. The standard InChI is InChI=1S/C3H4F3N3S/c4-3(5,6)10-2-1-8-9-7/h1-2H2. The van der Waals surface area contributed by atoms with Gasteiger partial charge in [0.25, 0.3) is 0 Å². The van der Waals surface area contributed by atoms with Crippen molar-refractivity contribution in [3.05, 3.63) is 10.4 Å². The Morgan fingerprint density at radius 1 is 1.50 bits per heavy atom. The minimum Gasteiger partial charge on any atom is -0.160 e. The van der Waals surface area contributed by atoms with Gasteiger partial charge in [-0.2, -0.15) is 13.2 Å². The summed E-state index contributed by atoms with van der Waals surface area (Å²) in [5.74, 6) is -0.215. The average Bonchev–Trinajstić information content (AvgIpc) is 1.78. The van der Waals surface area contributed by atoms with Crippen LogP contribution in [0.4, 0.5) is 13.2 Å². The van der Waals surface area contributed by atoms with Crippen LogP contribution in [0.2, 0.25) is 0 Å². The summed E-state index contributed by atoms with van der Waals surface area (Å²) in [6.07, 6.45) is 0. The van der Waals surface area contributed by atoms with E-state index in [2.05, 4.69) is 10.0 Å². The Morgan fingerprint density at radius 3 is 2.50 bits per heavy atom. The second-order valence-corrected chi connectivity index (χ2v) is 2.41. The van der Waals surface area contributed by atoms with Gasteiger partial charge in [-0.25, -0.2) is 0 Å². The Bertz CT molecular complexity index is 138. The number of hydrogen-bond donors (Lipinski definition) is 0. The number of hydrogen-bond acceptors (Lipinski definition) is 2. The fraction of sp³-hybridized carbons (Fsp3) is 1.00. The Labute approximate surface area is 59.2 Å². The summed E-state index contributed by atoms with van der Waals surface area (Å²) >= 11 is -0.191. The van der Waals surface area contributed by atoms with Gasteiger partial charge >= 0.3 is 5.51 Å².